The van der Waals surface area contributed by atoms with Crippen LogP contribution in [0.5, 0.6) is 11.6 Å². The molecule has 0 radical (unpaired) electrons. The number of halogens is 2. The van der Waals surface area contributed by atoms with Gasteiger partial charge in [0, 0.05) is 6.20 Å². The van der Waals surface area contributed by atoms with E-state index in [1.165, 1.54) is 12.3 Å². The zero-order chi connectivity index (χ0) is 14.0. The van der Waals surface area contributed by atoms with Crippen LogP contribution in [0.3, 0.4) is 0 Å². The molecule has 2 aromatic rings. The van der Waals surface area contributed by atoms with E-state index in [-0.39, 0.29) is 11.6 Å². The van der Waals surface area contributed by atoms with Crippen molar-refractivity contribution in [2.75, 3.05) is 0 Å². The van der Waals surface area contributed by atoms with Gasteiger partial charge in [0.05, 0.1) is 15.5 Å². The van der Waals surface area contributed by atoms with Gasteiger partial charge in [0.2, 0.25) is 11.6 Å². The van der Waals surface area contributed by atoms with E-state index in [2.05, 4.69) is 20.9 Å². The third kappa shape index (κ3) is 2.87. The van der Waals surface area contributed by atoms with Crippen molar-refractivity contribution >= 4 is 21.6 Å². The maximum atomic E-state index is 13.0. The van der Waals surface area contributed by atoms with Crippen LogP contribution >= 0.6 is 15.9 Å². The molecule has 0 aliphatic carbocycles. The number of benzene rings is 1. The van der Waals surface area contributed by atoms with Crippen LogP contribution in [0.4, 0.5) is 10.1 Å². The fourth-order valence-electron chi connectivity index (χ4n) is 1.41. The number of aryl methyl sites for hydroxylation is 1. The minimum Gasteiger partial charge on any atom is -0.431 e. The molecular weight excluding hydrogens is 319 g/mol. The van der Waals surface area contributed by atoms with Crippen molar-refractivity contribution in [2.24, 2.45) is 0 Å². The van der Waals surface area contributed by atoms with Gasteiger partial charge in [-0.25, -0.2) is 9.37 Å². The summed E-state index contributed by atoms with van der Waals surface area (Å²) in [4.78, 5) is 14.1. The monoisotopic (exact) mass is 326 g/mol. The molecule has 2 rings (SSSR count). The molecule has 19 heavy (non-hydrogen) atoms. The lowest BCUT2D eigenvalue weighted by atomic mass is 10.3. The van der Waals surface area contributed by atoms with Gasteiger partial charge in [0.15, 0.2) is 0 Å². The van der Waals surface area contributed by atoms with Gasteiger partial charge in [0.1, 0.15) is 5.82 Å². The minimum absolute atomic E-state index is 0.0646. The first-order valence-electron chi connectivity index (χ1n) is 5.22. The Morgan fingerprint density at radius 3 is 2.84 bits per heavy atom. The van der Waals surface area contributed by atoms with Gasteiger partial charge in [-0.1, -0.05) is 0 Å². The van der Waals surface area contributed by atoms with Gasteiger partial charge in [0.25, 0.3) is 0 Å². The van der Waals surface area contributed by atoms with Crippen molar-refractivity contribution in [1.29, 1.82) is 0 Å². The van der Waals surface area contributed by atoms with E-state index in [9.17, 15) is 14.5 Å². The van der Waals surface area contributed by atoms with E-state index >= 15 is 0 Å². The summed E-state index contributed by atoms with van der Waals surface area (Å²) in [5.74, 6) is -0.574. The summed E-state index contributed by atoms with van der Waals surface area (Å²) in [6.07, 6.45) is 1.52. The van der Waals surface area contributed by atoms with Gasteiger partial charge < -0.3 is 4.74 Å². The van der Waals surface area contributed by atoms with Gasteiger partial charge in [-0.05, 0) is 46.6 Å². The zero-order valence-electron chi connectivity index (χ0n) is 9.76. The van der Waals surface area contributed by atoms with Gasteiger partial charge in [-0.15, -0.1) is 0 Å². The van der Waals surface area contributed by atoms with Crippen LogP contribution in [-0.2, 0) is 0 Å². The quantitative estimate of drug-likeness (QED) is 0.631. The summed E-state index contributed by atoms with van der Waals surface area (Å²) in [5, 5.41) is 10.8. The first kappa shape index (κ1) is 13.4. The summed E-state index contributed by atoms with van der Waals surface area (Å²) >= 11 is 3.28. The summed E-state index contributed by atoms with van der Waals surface area (Å²) in [5.41, 5.74) is 0.421. The standard InChI is InChI=1S/C12H8BrFN2O3/c1-7-4-5-15-12(11(7)13)19-10-3-2-8(14)6-9(10)16(17)18/h2-6H,1H3. The Morgan fingerprint density at radius 2 is 2.16 bits per heavy atom. The van der Waals surface area contributed by atoms with Crippen molar-refractivity contribution in [3.05, 3.63) is 56.4 Å². The molecule has 0 N–H and O–H groups in total. The van der Waals surface area contributed by atoms with E-state index in [0.717, 1.165) is 17.7 Å². The normalized spacial score (nSPS) is 10.3. The fraction of sp³-hybridized carbons (Fsp3) is 0.0833. The number of aromatic nitrogens is 1. The van der Waals surface area contributed by atoms with Crippen LogP contribution in [0.15, 0.2) is 34.9 Å². The maximum Gasteiger partial charge on any atom is 0.314 e. The van der Waals surface area contributed by atoms with Crippen LogP contribution < -0.4 is 4.74 Å². The van der Waals surface area contributed by atoms with Crippen LogP contribution in [0.25, 0.3) is 0 Å². The molecule has 1 heterocycles. The lowest BCUT2D eigenvalue weighted by molar-refractivity contribution is -0.385. The Morgan fingerprint density at radius 1 is 1.42 bits per heavy atom. The number of ether oxygens (including phenoxy) is 1. The third-order valence-electron chi connectivity index (χ3n) is 2.37. The molecular formula is C12H8BrFN2O3. The average molecular weight is 327 g/mol. The number of pyridine rings is 1. The number of hydrogen-bond acceptors (Lipinski definition) is 4. The molecule has 5 nitrogen and oxygen atoms in total. The van der Waals surface area contributed by atoms with Crippen molar-refractivity contribution in [2.45, 2.75) is 6.92 Å². The van der Waals surface area contributed by atoms with Crippen molar-refractivity contribution in [1.82, 2.24) is 4.98 Å². The van der Waals surface area contributed by atoms with E-state index in [1.54, 1.807) is 6.07 Å². The number of nitro benzene ring substituents is 1. The molecule has 0 saturated carbocycles. The molecule has 0 bridgehead atoms. The van der Waals surface area contributed by atoms with Crippen molar-refractivity contribution in [3.63, 3.8) is 0 Å². The Bertz CT molecular complexity index is 649. The Kier molecular flexibility index (Phi) is 3.75. The predicted octanol–water partition coefficient (Wildman–Crippen LogP) is 3.99. The molecule has 0 unspecified atom stereocenters. The van der Waals surface area contributed by atoms with Gasteiger partial charge in [-0.2, -0.15) is 0 Å². The fourth-order valence-corrected chi connectivity index (χ4v) is 1.73. The Hall–Kier alpha value is -2.02. The van der Waals surface area contributed by atoms with Gasteiger partial charge >= 0.3 is 5.69 Å². The van der Waals surface area contributed by atoms with Crippen LogP contribution in [0.2, 0.25) is 0 Å². The van der Waals surface area contributed by atoms with Crippen LogP contribution in [0.1, 0.15) is 5.56 Å². The molecule has 1 aromatic heterocycles. The minimum atomic E-state index is -0.706. The summed E-state index contributed by atoms with van der Waals surface area (Å²) in [6, 6.07) is 4.85. The molecule has 0 saturated heterocycles. The Balaban J connectivity index is 2.44. The topological polar surface area (TPSA) is 65.3 Å². The highest BCUT2D eigenvalue weighted by atomic mass is 79.9. The molecule has 7 heteroatoms. The molecule has 1 aromatic carbocycles. The highest BCUT2D eigenvalue weighted by Gasteiger charge is 2.18. The summed E-state index contributed by atoms with van der Waals surface area (Å²) in [7, 11) is 0. The SMILES string of the molecule is Cc1ccnc(Oc2ccc(F)cc2[N+](=O)[O-])c1Br. The molecule has 0 atom stereocenters. The largest absolute Gasteiger partial charge is 0.431 e. The first-order valence-corrected chi connectivity index (χ1v) is 6.01. The average Bonchev–Trinajstić information content (AvgIpc) is 2.36. The third-order valence-corrected chi connectivity index (χ3v) is 3.34. The highest BCUT2D eigenvalue weighted by Crippen LogP contribution is 2.35. The van der Waals surface area contributed by atoms with Gasteiger partial charge in [-0.3, -0.25) is 10.1 Å². The number of hydrogen-bond donors (Lipinski definition) is 0. The van der Waals surface area contributed by atoms with Crippen LogP contribution in [-0.4, -0.2) is 9.91 Å². The van der Waals surface area contributed by atoms with E-state index in [1.807, 2.05) is 6.92 Å². The summed E-state index contributed by atoms with van der Waals surface area (Å²) in [6.45, 7) is 1.83. The lowest BCUT2D eigenvalue weighted by Gasteiger charge is -2.08. The number of nitrogens with zero attached hydrogens (tertiary/aromatic N) is 2. The van der Waals surface area contributed by atoms with Crippen molar-refractivity contribution < 1.29 is 14.1 Å². The maximum absolute atomic E-state index is 13.0. The Labute approximate surface area is 116 Å². The molecule has 98 valence electrons. The van der Waals surface area contributed by atoms with E-state index < -0.39 is 16.4 Å². The van der Waals surface area contributed by atoms with E-state index in [0.29, 0.717) is 4.47 Å². The lowest BCUT2D eigenvalue weighted by Crippen LogP contribution is -1.96. The summed E-state index contributed by atoms with van der Waals surface area (Å²) < 4.78 is 19.0. The second-order valence-electron chi connectivity index (χ2n) is 3.72. The second kappa shape index (κ2) is 5.31. The molecule has 0 aliphatic rings. The predicted molar refractivity (Wildman–Crippen MR) is 69.8 cm³/mol. The van der Waals surface area contributed by atoms with E-state index in [4.69, 9.17) is 4.74 Å². The smallest absolute Gasteiger partial charge is 0.314 e. The molecule has 0 spiro atoms. The zero-order valence-corrected chi connectivity index (χ0v) is 11.3. The molecule has 0 aliphatic heterocycles. The van der Waals surface area contributed by atoms with Crippen LogP contribution in [0, 0.1) is 22.9 Å². The number of rotatable bonds is 3. The van der Waals surface area contributed by atoms with Crippen molar-refractivity contribution in [3.8, 4) is 11.6 Å². The number of nitro groups is 1. The first-order chi connectivity index (χ1) is 8.99. The highest BCUT2D eigenvalue weighted by molar-refractivity contribution is 9.10. The second-order valence-corrected chi connectivity index (χ2v) is 4.51. The molecule has 0 amide bonds. The molecule has 0 fully saturated rings.